The Bertz CT molecular complexity index is 421. The molecule has 2 saturated heterocycles. The first kappa shape index (κ1) is 19.1. The molecule has 7 heteroatoms. The van der Waals surface area contributed by atoms with E-state index in [1.54, 1.807) is 8.61 Å². The molecule has 0 amide bonds. The minimum atomic E-state index is -3.33. The summed E-state index contributed by atoms with van der Waals surface area (Å²) in [5, 5.41) is 0. The Labute approximate surface area is 141 Å². The molecule has 0 N–H and O–H groups in total. The standard InChI is InChI=1S/C16H32N2O4S/c1-3-5-9-17(10-6-4-2)23(19,20)18-11-7-15(8-12-18)16-21-13-14-22-16/h15-16H,3-14H2,1-2H3. The van der Waals surface area contributed by atoms with Crippen LogP contribution in [0.15, 0.2) is 0 Å². The smallest absolute Gasteiger partial charge is 0.281 e. The summed E-state index contributed by atoms with van der Waals surface area (Å²) >= 11 is 0. The van der Waals surface area contributed by atoms with Gasteiger partial charge in [0.1, 0.15) is 0 Å². The van der Waals surface area contributed by atoms with E-state index in [4.69, 9.17) is 9.47 Å². The van der Waals surface area contributed by atoms with Crippen LogP contribution < -0.4 is 0 Å². The van der Waals surface area contributed by atoms with Gasteiger partial charge < -0.3 is 9.47 Å². The molecular formula is C16H32N2O4S. The molecule has 2 rings (SSSR count). The largest absolute Gasteiger partial charge is 0.350 e. The third kappa shape index (κ3) is 5.13. The summed E-state index contributed by atoms with van der Waals surface area (Å²) in [6.07, 6.45) is 5.37. The van der Waals surface area contributed by atoms with Gasteiger partial charge in [0.05, 0.1) is 13.2 Å². The van der Waals surface area contributed by atoms with Crippen molar-refractivity contribution >= 4 is 10.2 Å². The van der Waals surface area contributed by atoms with Gasteiger partial charge in [-0.1, -0.05) is 26.7 Å². The van der Waals surface area contributed by atoms with E-state index < -0.39 is 10.2 Å². The molecule has 0 aromatic carbocycles. The number of hydrogen-bond acceptors (Lipinski definition) is 4. The second-order valence-corrected chi connectivity index (χ2v) is 8.39. The second kappa shape index (κ2) is 9.32. The lowest BCUT2D eigenvalue weighted by Crippen LogP contribution is -2.48. The van der Waals surface area contributed by atoms with E-state index in [0.717, 1.165) is 38.5 Å². The lowest BCUT2D eigenvalue weighted by atomic mass is 9.98. The molecule has 136 valence electrons. The van der Waals surface area contributed by atoms with Crippen LogP contribution in [-0.2, 0) is 19.7 Å². The molecule has 2 aliphatic rings. The van der Waals surface area contributed by atoms with Gasteiger partial charge in [-0.25, -0.2) is 0 Å². The summed E-state index contributed by atoms with van der Waals surface area (Å²) in [7, 11) is -3.33. The fourth-order valence-corrected chi connectivity index (χ4v) is 4.92. The zero-order chi connectivity index (χ0) is 16.7. The number of unbranched alkanes of at least 4 members (excludes halogenated alkanes) is 2. The van der Waals surface area contributed by atoms with Crippen LogP contribution in [0.1, 0.15) is 52.4 Å². The Hall–Kier alpha value is -0.210. The van der Waals surface area contributed by atoms with Gasteiger partial charge in [-0.3, -0.25) is 0 Å². The average Bonchev–Trinajstić information content (AvgIpc) is 3.09. The highest BCUT2D eigenvalue weighted by Gasteiger charge is 2.36. The topological polar surface area (TPSA) is 59.1 Å². The van der Waals surface area contributed by atoms with Crippen molar-refractivity contribution in [2.24, 2.45) is 5.92 Å². The van der Waals surface area contributed by atoms with Crippen LogP contribution in [0.5, 0.6) is 0 Å². The highest BCUT2D eigenvalue weighted by atomic mass is 32.2. The van der Waals surface area contributed by atoms with Crippen molar-refractivity contribution in [3.05, 3.63) is 0 Å². The highest BCUT2D eigenvalue weighted by molar-refractivity contribution is 7.86. The first-order chi connectivity index (χ1) is 11.1. The molecule has 0 unspecified atom stereocenters. The van der Waals surface area contributed by atoms with Crippen molar-refractivity contribution in [2.75, 3.05) is 39.4 Å². The number of ether oxygens (including phenoxy) is 2. The third-order valence-electron chi connectivity index (χ3n) is 4.71. The zero-order valence-electron chi connectivity index (χ0n) is 14.6. The van der Waals surface area contributed by atoms with Crippen molar-refractivity contribution in [1.29, 1.82) is 0 Å². The molecule has 0 aromatic heterocycles. The summed E-state index contributed by atoms with van der Waals surface area (Å²) in [5.41, 5.74) is 0. The van der Waals surface area contributed by atoms with Crippen LogP contribution in [0.2, 0.25) is 0 Å². The molecule has 0 aliphatic carbocycles. The van der Waals surface area contributed by atoms with Crippen molar-refractivity contribution in [1.82, 2.24) is 8.61 Å². The van der Waals surface area contributed by atoms with Gasteiger partial charge in [0.2, 0.25) is 0 Å². The Morgan fingerprint density at radius 3 is 2.00 bits per heavy atom. The monoisotopic (exact) mass is 348 g/mol. The average molecular weight is 349 g/mol. The van der Waals surface area contributed by atoms with Gasteiger partial charge >= 0.3 is 0 Å². The number of hydrogen-bond donors (Lipinski definition) is 0. The van der Waals surface area contributed by atoms with Crippen LogP contribution in [0, 0.1) is 5.92 Å². The molecule has 0 atom stereocenters. The number of nitrogens with zero attached hydrogens (tertiary/aromatic N) is 2. The first-order valence-corrected chi connectivity index (χ1v) is 10.5. The lowest BCUT2D eigenvalue weighted by Gasteiger charge is -2.36. The fraction of sp³-hybridized carbons (Fsp3) is 1.00. The molecule has 2 fully saturated rings. The molecule has 0 spiro atoms. The van der Waals surface area contributed by atoms with Gasteiger partial charge in [0.25, 0.3) is 10.2 Å². The molecule has 0 saturated carbocycles. The molecule has 6 nitrogen and oxygen atoms in total. The minimum Gasteiger partial charge on any atom is -0.350 e. The summed E-state index contributed by atoms with van der Waals surface area (Å²) < 4.78 is 40.3. The maximum atomic E-state index is 12.9. The molecule has 23 heavy (non-hydrogen) atoms. The zero-order valence-corrected chi connectivity index (χ0v) is 15.4. The summed E-state index contributed by atoms with van der Waals surface area (Å²) in [6.45, 7) is 7.92. The van der Waals surface area contributed by atoms with Crippen LogP contribution in [0.3, 0.4) is 0 Å². The Kier molecular flexibility index (Phi) is 7.75. The van der Waals surface area contributed by atoms with E-state index in [1.165, 1.54) is 0 Å². The SMILES string of the molecule is CCCCN(CCCC)S(=O)(=O)N1CCC(C2OCCO2)CC1. The number of rotatable bonds is 9. The Morgan fingerprint density at radius 1 is 1.00 bits per heavy atom. The van der Waals surface area contributed by atoms with E-state index in [-0.39, 0.29) is 6.29 Å². The van der Waals surface area contributed by atoms with Crippen molar-refractivity contribution in [3.8, 4) is 0 Å². The van der Waals surface area contributed by atoms with Gasteiger partial charge in [0, 0.05) is 32.1 Å². The normalized spacial score (nSPS) is 22.2. The van der Waals surface area contributed by atoms with E-state index in [9.17, 15) is 8.42 Å². The molecule has 2 aliphatic heterocycles. The maximum absolute atomic E-state index is 12.9. The quantitative estimate of drug-likeness (QED) is 0.641. The fourth-order valence-electron chi connectivity index (χ4n) is 3.20. The van der Waals surface area contributed by atoms with E-state index in [0.29, 0.717) is 45.3 Å². The van der Waals surface area contributed by atoms with E-state index in [2.05, 4.69) is 13.8 Å². The summed E-state index contributed by atoms with van der Waals surface area (Å²) in [6, 6.07) is 0. The van der Waals surface area contributed by atoms with Crippen LogP contribution >= 0.6 is 0 Å². The number of piperidine rings is 1. The Balaban J connectivity index is 1.91. The molecule has 2 heterocycles. The third-order valence-corrected chi connectivity index (χ3v) is 6.74. The lowest BCUT2D eigenvalue weighted by molar-refractivity contribution is -0.0939. The van der Waals surface area contributed by atoms with Gasteiger partial charge in [-0.15, -0.1) is 0 Å². The van der Waals surface area contributed by atoms with Gasteiger partial charge in [0.15, 0.2) is 6.29 Å². The van der Waals surface area contributed by atoms with Crippen LogP contribution in [0.25, 0.3) is 0 Å². The van der Waals surface area contributed by atoms with Gasteiger partial charge in [-0.2, -0.15) is 17.0 Å². The van der Waals surface area contributed by atoms with E-state index >= 15 is 0 Å². The predicted octanol–water partition coefficient (Wildman–Crippen LogP) is 2.22. The summed E-state index contributed by atoms with van der Waals surface area (Å²) in [4.78, 5) is 0. The van der Waals surface area contributed by atoms with Crippen molar-refractivity contribution in [3.63, 3.8) is 0 Å². The molecule has 0 radical (unpaired) electrons. The van der Waals surface area contributed by atoms with Crippen molar-refractivity contribution in [2.45, 2.75) is 58.7 Å². The van der Waals surface area contributed by atoms with Gasteiger partial charge in [-0.05, 0) is 25.7 Å². The summed E-state index contributed by atoms with van der Waals surface area (Å²) in [5.74, 6) is 0.323. The molecule has 0 aromatic rings. The predicted molar refractivity (Wildman–Crippen MR) is 90.3 cm³/mol. The second-order valence-electron chi connectivity index (χ2n) is 6.46. The maximum Gasteiger partial charge on any atom is 0.281 e. The first-order valence-electron chi connectivity index (χ1n) is 9.08. The minimum absolute atomic E-state index is 0.129. The van der Waals surface area contributed by atoms with E-state index in [1.807, 2.05) is 0 Å². The molecule has 0 bridgehead atoms. The molecular weight excluding hydrogens is 316 g/mol. The van der Waals surface area contributed by atoms with Crippen LogP contribution in [-0.4, -0.2) is 62.7 Å². The Morgan fingerprint density at radius 2 is 1.52 bits per heavy atom. The highest BCUT2D eigenvalue weighted by Crippen LogP contribution is 2.28. The van der Waals surface area contributed by atoms with Crippen LogP contribution in [0.4, 0.5) is 0 Å². The van der Waals surface area contributed by atoms with Crippen molar-refractivity contribution < 1.29 is 17.9 Å².